The Morgan fingerprint density at radius 3 is 2.56 bits per heavy atom. The molecular weight excluding hydrogens is 538 g/mol. The lowest BCUT2D eigenvalue weighted by Gasteiger charge is -2.33. The van der Waals surface area contributed by atoms with Gasteiger partial charge in [0.2, 0.25) is 0 Å². The minimum atomic E-state index is -1.27. The lowest BCUT2D eigenvalue weighted by molar-refractivity contribution is 0.0199. The fraction of sp³-hybridized carbons (Fsp3) is 0.552. The van der Waals surface area contributed by atoms with Gasteiger partial charge in [-0.1, -0.05) is 32.3 Å². The van der Waals surface area contributed by atoms with E-state index in [0.717, 1.165) is 28.5 Å². The van der Waals surface area contributed by atoms with Crippen LogP contribution in [0.5, 0.6) is 0 Å². The quantitative estimate of drug-likeness (QED) is 0.280. The van der Waals surface area contributed by atoms with E-state index in [1.807, 2.05) is 40.0 Å². The van der Waals surface area contributed by atoms with E-state index in [1.165, 1.54) is 6.33 Å². The van der Waals surface area contributed by atoms with Crippen LogP contribution < -0.4 is 5.32 Å². The van der Waals surface area contributed by atoms with Gasteiger partial charge in [0.1, 0.15) is 18.7 Å². The number of piperidine rings is 1. The monoisotopic (exact) mass is 581 g/mol. The average Bonchev–Trinajstić information content (AvgIpc) is 3.50. The summed E-state index contributed by atoms with van der Waals surface area (Å²) in [6.45, 7) is 20.3. The Morgan fingerprint density at radius 1 is 1.22 bits per heavy atom. The van der Waals surface area contributed by atoms with Gasteiger partial charge in [-0.3, -0.25) is 4.79 Å². The molecule has 0 spiro atoms. The predicted molar refractivity (Wildman–Crippen MR) is 161 cm³/mol. The van der Waals surface area contributed by atoms with E-state index < -0.39 is 13.7 Å². The van der Waals surface area contributed by atoms with E-state index in [0.29, 0.717) is 38.1 Å². The number of nitrogens with zero attached hydrogens (tertiary/aromatic N) is 6. The third kappa shape index (κ3) is 7.62. The van der Waals surface area contributed by atoms with E-state index in [1.54, 1.807) is 20.2 Å². The Bertz CT molecular complexity index is 1410. The van der Waals surface area contributed by atoms with Gasteiger partial charge in [-0.05, 0) is 58.2 Å². The Hall–Kier alpha value is -3.51. The van der Waals surface area contributed by atoms with Gasteiger partial charge in [0.15, 0.2) is 11.3 Å². The van der Waals surface area contributed by atoms with E-state index >= 15 is 0 Å². The van der Waals surface area contributed by atoms with Gasteiger partial charge in [-0.2, -0.15) is 10.2 Å². The average molecular weight is 582 g/mol. The van der Waals surface area contributed by atoms with Crippen LogP contribution >= 0.6 is 0 Å². The Kier molecular flexibility index (Phi) is 9.03. The first-order valence-electron chi connectivity index (χ1n) is 14.2. The largest absolute Gasteiger partial charge is 0.444 e. The SMILES string of the molecule is C=Cc1c(C(=O)NC2CCN(C(=O)OC(C)(C)C)CC2)nn(COCC[Si](C)(C)C)c1-c1cc(C)c2ncnn2c1. The number of likely N-dealkylation sites (tertiary alicyclic amines) is 1. The van der Waals surface area contributed by atoms with Crippen LogP contribution in [0, 0.1) is 6.92 Å². The van der Waals surface area contributed by atoms with Crippen molar-refractivity contribution >= 4 is 31.8 Å². The minimum absolute atomic E-state index is 0.0887. The van der Waals surface area contributed by atoms with Gasteiger partial charge < -0.3 is 19.7 Å². The van der Waals surface area contributed by atoms with Crippen molar-refractivity contribution in [1.29, 1.82) is 0 Å². The van der Waals surface area contributed by atoms with E-state index in [-0.39, 0.29) is 30.5 Å². The van der Waals surface area contributed by atoms with E-state index in [4.69, 9.17) is 14.6 Å². The lowest BCUT2D eigenvalue weighted by Crippen LogP contribution is -2.48. The minimum Gasteiger partial charge on any atom is -0.444 e. The number of aryl methyl sites for hydroxylation is 1. The van der Waals surface area contributed by atoms with E-state index in [2.05, 4.69) is 41.6 Å². The molecule has 41 heavy (non-hydrogen) atoms. The Labute approximate surface area is 242 Å². The molecule has 0 saturated carbocycles. The van der Waals surface area contributed by atoms with Gasteiger partial charge in [-0.25, -0.2) is 19.0 Å². The Morgan fingerprint density at radius 2 is 1.93 bits per heavy atom. The van der Waals surface area contributed by atoms with Crippen LogP contribution in [0.1, 0.15) is 55.2 Å². The van der Waals surface area contributed by atoms with Gasteiger partial charge >= 0.3 is 6.09 Å². The molecule has 1 aliphatic heterocycles. The molecule has 222 valence electrons. The summed E-state index contributed by atoms with van der Waals surface area (Å²) in [4.78, 5) is 32.1. The third-order valence-electron chi connectivity index (χ3n) is 6.93. The first-order chi connectivity index (χ1) is 19.3. The maximum absolute atomic E-state index is 13.6. The summed E-state index contributed by atoms with van der Waals surface area (Å²) in [5.41, 5.74) is 3.65. The summed E-state index contributed by atoms with van der Waals surface area (Å²) < 4.78 is 15.0. The number of pyridine rings is 1. The number of amides is 2. The number of ether oxygens (including phenoxy) is 2. The zero-order valence-corrected chi connectivity index (χ0v) is 26.4. The standard InChI is InChI=1S/C29H43N7O4Si/c1-9-23-24(27(37)32-22-10-12-34(13-11-22)28(38)40-29(3,4)5)33-36(19-39-14-15-41(6,7)8)25(23)21-16-20(2)26-30-18-31-35(26)17-21/h9,16-18,22H,1,10-15,19H2,2-8H3,(H,32,37). The smallest absolute Gasteiger partial charge is 0.410 e. The number of hydrogen-bond acceptors (Lipinski definition) is 7. The van der Waals surface area contributed by atoms with Crippen LogP contribution in [0.25, 0.3) is 23.0 Å². The molecule has 0 radical (unpaired) electrons. The number of carbonyl (C=O) groups excluding carboxylic acids is 2. The molecule has 4 heterocycles. The number of aromatic nitrogens is 5. The summed E-state index contributed by atoms with van der Waals surface area (Å²) in [6, 6.07) is 2.95. The van der Waals surface area contributed by atoms with Crippen LogP contribution in [-0.2, 0) is 16.2 Å². The van der Waals surface area contributed by atoms with Gasteiger partial charge in [0.05, 0.1) is 5.69 Å². The second kappa shape index (κ2) is 12.2. The van der Waals surface area contributed by atoms with Crippen molar-refractivity contribution in [3.63, 3.8) is 0 Å². The van der Waals surface area contributed by atoms with Gasteiger partial charge in [0, 0.05) is 51.1 Å². The number of nitrogens with one attached hydrogen (secondary N) is 1. The fourth-order valence-electron chi connectivity index (χ4n) is 4.77. The topological polar surface area (TPSA) is 116 Å². The molecule has 4 rings (SSSR count). The predicted octanol–water partition coefficient (Wildman–Crippen LogP) is 4.99. The van der Waals surface area contributed by atoms with Crippen LogP contribution in [0.2, 0.25) is 25.7 Å². The molecule has 1 aliphatic rings. The van der Waals surface area contributed by atoms with Crippen molar-refractivity contribution in [3.8, 4) is 11.3 Å². The molecule has 3 aromatic rings. The summed E-state index contributed by atoms with van der Waals surface area (Å²) in [5.74, 6) is -0.281. The van der Waals surface area contributed by atoms with Crippen molar-refractivity contribution in [2.45, 2.75) is 84.6 Å². The van der Waals surface area contributed by atoms with Crippen LogP contribution in [0.3, 0.4) is 0 Å². The van der Waals surface area contributed by atoms with Crippen LogP contribution in [0.4, 0.5) is 4.79 Å². The molecule has 12 heteroatoms. The number of fused-ring (bicyclic) bond motifs is 1. The second-order valence-electron chi connectivity index (χ2n) is 12.8. The lowest BCUT2D eigenvalue weighted by atomic mass is 10.0. The molecule has 2 amide bonds. The highest BCUT2D eigenvalue weighted by Gasteiger charge is 2.30. The molecule has 0 bridgehead atoms. The zero-order chi connectivity index (χ0) is 29.9. The van der Waals surface area contributed by atoms with Crippen LogP contribution in [-0.4, -0.2) is 80.7 Å². The molecule has 11 nitrogen and oxygen atoms in total. The van der Waals surface area contributed by atoms with E-state index in [9.17, 15) is 9.59 Å². The highest BCUT2D eigenvalue weighted by molar-refractivity contribution is 6.76. The van der Waals surface area contributed by atoms with Crippen molar-refractivity contribution < 1.29 is 19.1 Å². The summed E-state index contributed by atoms with van der Waals surface area (Å²) in [6.07, 6.45) is 6.00. The normalized spacial score (nSPS) is 14.9. The molecule has 1 fully saturated rings. The maximum atomic E-state index is 13.6. The summed E-state index contributed by atoms with van der Waals surface area (Å²) in [7, 11) is -1.27. The number of hydrogen-bond donors (Lipinski definition) is 1. The molecule has 3 aromatic heterocycles. The first-order valence-corrected chi connectivity index (χ1v) is 17.9. The number of carbonyl (C=O) groups is 2. The van der Waals surface area contributed by atoms with Crippen molar-refractivity contribution in [3.05, 3.63) is 42.0 Å². The highest BCUT2D eigenvalue weighted by Crippen LogP contribution is 2.30. The maximum Gasteiger partial charge on any atom is 0.410 e. The molecular formula is C29H43N7O4Si. The molecule has 0 unspecified atom stereocenters. The molecule has 0 aliphatic carbocycles. The number of rotatable bonds is 9. The van der Waals surface area contributed by atoms with Crippen LogP contribution in [0.15, 0.2) is 25.2 Å². The van der Waals surface area contributed by atoms with Crippen molar-refractivity contribution in [1.82, 2.24) is 34.6 Å². The molecule has 0 atom stereocenters. The zero-order valence-electron chi connectivity index (χ0n) is 25.4. The first kappa shape index (κ1) is 30.4. The molecule has 0 aromatic carbocycles. The van der Waals surface area contributed by atoms with Gasteiger partial charge in [0.25, 0.3) is 5.91 Å². The fourth-order valence-corrected chi connectivity index (χ4v) is 5.53. The Balaban J connectivity index is 1.56. The third-order valence-corrected chi connectivity index (χ3v) is 8.64. The molecule has 1 N–H and O–H groups in total. The molecule has 1 saturated heterocycles. The summed E-state index contributed by atoms with van der Waals surface area (Å²) in [5, 5.41) is 12.2. The van der Waals surface area contributed by atoms with Crippen molar-refractivity contribution in [2.75, 3.05) is 19.7 Å². The van der Waals surface area contributed by atoms with Gasteiger partial charge in [-0.15, -0.1) is 0 Å². The highest BCUT2D eigenvalue weighted by atomic mass is 28.3. The second-order valence-corrected chi connectivity index (χ2v) is 18.4. The summed E-state index contributed by atoms with van der Waals surface area (Å²) >= 11 is 0. The van der Waals surface area contributed by atoms with Crippen molar-refractivity contribution in [2.24, 2.45) is 0 Å².